The summed E-state index contributed by atoms with van der Waals surface area (Å²) >= 11 is 0. The largest absolute Gasteiger partial charge is 0.353 e. The maximum absolute atomic E-state index is 12.9. The van der Waals surface area contributed by atoms with Crippen LogP contribution < -0.4 is 5.32 Å². The van der Waals surface area contributed by atoms with Crippen molar-refractivity contribution in [3.05, 3.63) is 41.6 Å². The summed E-state index contributed by atoms with van der Waals surface area (Å²) in [5, 5.41) is 4.39. The first kappa shape index (κ1) is 19.9. The maximum atomic E-state index is 12.9. The number of benzene rings is 1. The molecule has 1 amide bonds. The first-order chi connectivity index (χ1) is 14.0. The first-order valence-electron chi connectivity index (χ1n) is 10.9. The standard InChI is InChI=1S/C24H31N3O2/c1-5-17(6-2)25-24(29)16-11-19-18-9-8-10-20-23(18)15(12-21(19)26(4)13-16)14-27(20)22(28)7-3/h8-11,14,16-17,21H,5-7,12-13H2,1-4H3,(H,25,29)/t16-,21-/m1/s1. The van der Waals surface area contributed by atoms with Crippen LogP contribution in [0.15, 0.2) is 30.5 Å². The predicted octanol–water partition coefficient (Wildman–Crippen LogP) is 3.87. The Kier molecular flexibility index (Phi) is 5.34. The molecule has 0 unspecified atom stereocenters. The zero-order valence-electron chi connectivity index (χ0n) is 17.9. The predicted molar refractivity (Wildman–Crippen MR) is 117 cm³/mol. The van der Waals surface area contributed by atoms with Crippen molar-refractivity contribution in [3.8, 4) is 0 Å². The van der Waals surface area contributed by atoms with Crippen LogP contribution in [-0.2, 0) is 11.2 Å². The molecule has 1 N–H and O–H groups in total. The average Bonchev–Trinajstić information content (AvgIpc) is 3.11. The molecule has 2 atom stereocenters. The number of carbonyl (C=O) groups is 2. The summed E-state index contributed by atoms with van der Waals surface area (Å²) in [6, 6.07) is 6.68. The monoisotopic (exact) mass is 393 g/mol. The van der Waals surface area contributed by atoms with Gasteiger partial charge < -0.3 is 5.32 Å². The molecule has 5 heteroatoms. The number of rotatable bonds is 5. The van der Waals surface area contributed by atoms with Crippen LogP contribution >= 0.6 is 0 Å². The molecule has 2 aromatic rings. The van der Waals surface area contributed by atoms with Crippen LogP contribution in [0.25, 0.3) is 16.5 Å². The molecule has 5 nitrogen and oxygen atoms in total. The molecular formula is C24H31N3O2. The highest BCUT2D eigenvalue weighted by atomic mass is 16.2. The van der Waals surface area contributed by atoms with Gasteiger partial charge in [0.2, 0.25) is 11.8 Å². The number of nitrogens with zero attached hydrogens (tertiary/aromatic N) is 2. The van der Waals surface area contributed by atoms with E-state index >= 15 is 0 Å². The molecule has 1 aliphatic heterocycles. The molecule has 4 rings (SSSR count). The summed E-state index contributed by atoms with van der Waals surface area (Å²) in [5.74, 6) is 0.0873. The molecule has 0 bridgehead atoms. The van der Waals surface area contributed by atoms with Crippen LogP contribution in [0.3, 0.4) is 0 Å². The van der Waals surface area contributed by atoms with Crippen molar-refractivity contribution in [1.82, 2.24) is 14.8 Å². The number of fused-ring (bicyclic) bond motifs is 2. The SMILES string of the molecule is CCC(=O)n1cc2c3c(cccc31)C1=C[C@@H](C(=O)NC(CC)CC)CN(C)[C@@H]1C2. The van der Waals surface area contributed by atoms with E-state index in [1.54, 1.807) is 0 Å². The Morgan fingerprint density at radius 3 is 2.66 bits per heavy atom. The third kappa shape index (κ3) is 3.31. The van der Waals surface area contributed by atoms with Crippen molar-refractivity contribution in [1.29, 1.82) is 0 Å². The summed E-state index contributed by atoms with van der Waals surface area (Å²) in [6.07, 6.45) is 7.46. The highest BCUT2D eigenvalue weighted by molar-refractivity contribution is 6.03. The minimum Gasteiger partial charge on any atom is -0.353 e. The second-order valence-corrected chi connectivity index (χ2v) is 8.38. The molecule has 29 heavy (non-hydrogen) atoms. The van der Waals surface area contributed by atoms with Crippen LogP contribution in [0.2, 0.25) is 0 Å². The Bertz CT molecular complexity index is 983. The Balaban J connectivity index is 1.76. The molecule has 1 aliphatic carbocycles. The lowest BCUT2D eigenvalue weighted by molar-refractivity contribution is -0.125. The molecule has 1 aromatic heterocycles. The fraction of sp³-hybridized carbons (Fsp3) is 0.500. The number of nitrogens with one attached hydrogen (secondary N) is 1. The summed E-state index contributed by atoms with van der Waals surface area (Å²) < 4.78 is 1.81. The molecule has 0 saturated heterocycles. The quantitative estimate of drug-likeness (QED) is 0.839. The lowest BCUT2D eigenvalue weighted by atomic mass is 9.79. The van der Waals surface area contributed by atoms with Gasteiger partial charge in [0.15, 0.2) is 0 Å². The zero-order chi connectivity index (χ0) is 20.7. The number of hydrogen-bond donors (Lipinski definition) is 1. The van der Waals surface area contributed by atoms with Crippen molar-refractivity contribution >= 4 is 28.3 Å². The highest BCUT2D eigenvalue weighted by Gasteiger charge is 2.36. The topological polar surface area (TPSA) is 54.3 Å². The van der Waals surface area contributed by atoms with Crippen LogP contribution in [-0.4, -0.2) is 47.0 Å². The molecule has 2 heterocycles. The van der Waals surface area contributed by atoms with E-state index in [1.165, 1.54) is 22.1 Å². The van der Waals surface area contributed by atoms with Gasteiger partial charge in [0.05, 0.1) is 11.4 Å². The van der Waals surface area contributed by atoms with Gasteiger partial charge in [0, 0.05) is 36.6 Å². The lowest BCUT2D eigenvalue weighted by Crippen LogP contribution is -2.48. The normalized spacial score (nSPS) is 21.2. The van der Waals surface area contributed by atoms with Crippen LogP contribution in [0, 0.1) is 5.92 Å². The number of hydrogen-bond acceptors (Lipinski definition) is 3. The van der Waals surface area contributed by atoms with Gasteiger partial charge in [0.1, 0.15) is 0 Å². The van der Waals surface area contributed by atoms with Crippen LogP contribution in [0.1, 0.15) is 56.0 Å². The lowest BCUT2D eigenvalue weighted by Gasteiger charge is -2.39. The van der Waals surface area contributed by atoms with Crippen molar-refractivity contribution in [2.24, 2.45) is 5.92 Å². The molecular weight excluding hydrogens is 362 g/mol. The molecule has 0 spiro atoms. The van der Waals surface area contributed by atoms with E-state index in [2.05, 4.69) is 43.3 Å². The minimum absolute atomic E-state index is 0.119. The van der Waals surface area contributed by atoms with Gasteiger partial charge in [-0.05, 0) is 49.1 Å². The van der Waals surface area contributed by atoms with E-state index in [0.717, 1.165) is 31.3 Å². The number of amides is 1. The average molecular weight is 394 g/mol. The minimum atomic E-state index is -0.150. The van der Waals surface area contributed by atoms with Crippen molar-refractivity contribution in [2.45, 2.75) is 58.5 Å². The molecule has 1 aromatic carbocycles. The Morgan fingerprint density at radius 2 is 1.97 bits per heavy atom. The van der Waals surface area contributed by atoms with Gasteiger partial charge in [-0.15, -0.1) is 0 Å². The van der Waals surface area contributed by atoms with Gasteiger partial charge in [-0.3, -0.25) is 19.1 Å². The second kappa shape index (κ2) is 7.79. The van der Waals surface area contributed by atoms with Gasteiger partial charge in [-0.25, -0.2) is 0 Å². The summed E-state index contributed by atoms with van der Waals surface area (Å²) in [5.41, 5.74) is 4.60. The maximum Gasteiger partial charge on any atom is 0.230 e. The Morgan fingerprint density at radius 1 is 1.21 bits per heavy atom. The van der Waals surface area contributed by atoms with Gasteiger partial charge >= 0.3 is 0 Å². The van der Waals surface area contributed by atoms with Gasteiger partial charge in [-0.2, -0.15) is 0 Å². The van der Waals surface area contributed by atoms with E-state index in [1.807, 2.05) is 29.8 Å². The van der Waals surface area contributed by atoms with E-state index in [9.17, 15) is 9.59 Å². The van der Waals surface area contributed by atoms with Crippen molar-refractivity contribution < 1.29 is 9.59 Å². The first-order valence-corrected chi connectivity index (χ1v) is 10.9. The molecule has 0 fully saturated rings. The van der Waals surface area contributed by atoms with Gasteiger partial charge in [0.25, 0.3) is 0 Å². The molecule has 0 saturated carbocycles. The highest BCUT2D eigenvalue weighted by Crippen LogP contribution is 2.41. The molecule has 154 valence electrons. The molecule has 0 radical (unpaired) electrons. The number of aromatic nitrogens is 1. The number of likely N-dealkylation sites (N-methyl/N-ethyl adjacent to an activating group) is 1. The summed E-state index contributed by atoms with van der Waals surface area (Å²) in [4.78, 5) is 27.7. The smallest absolute Gasteiger partial charge is 0.230 e. The van der Waals surface area contributed by atoms with E-state index in [4.69, 9.17) is 0 Å². The Hall–Kier alpha value is -2.40. The zero-order valence-corrected chi connectivity index (χ0v) is 17.9. The third-order valence-electron chi connectivity index (χ3n) is 6.63. The van der Waals surface area contributed by atoms with Crippen molar-refractivity contribution in [2.75, 3.05) is 13.6 Å². The van der Waals surface area contributed by atoms with Crippen molar-refractivity contribution in [3.63, 3.8) is 0 Å². The number of carbonyl (C=O) groups excluding carboxylic acids is 2. The molecule has 2 aliphatic rings. The third-order valence-corrected chi connectivity index (χ3v) is 6.63. The Labute approximate surface area is 172 Å². The fourth-order valence-corrected chi connectivity index (χ4v) is 4.90. The van der Waals surface area contributed by atoms with E-state index in [0.29, 0.717) is 6.42 Å². The van der Waals surface area contributed by atoms with E-state index in [-0.39, 0.29) is 29.8 Å². The second-order valence-electron chi connectivity index (χ2n) is 8.38. The van der Waals surface area contributed by atoms with Gasteiger partial charge in [-0.1, -0.05) is 39.0 Å². The summed E-state index contributed by atoms with van der Waals surface area (Å²) in [7, 11) is 2.11. The van der Waals surface area contributed by atoms with E-state index < -0.39 is 0 Å². The fourth-order valence-electron chi connectivity index (χ4n) is 4.90. The summed E-state index contributed by atoms with van der Waals surface area (Å²) in [6.45, 7) is 6.85. The van der Waals surface area contributed by atoms with Crippen LogP contribution in [0.4, 0.5) is 0 Å². The van der Waals surface area contributed by atoms with Crippen LogP contribution in [0.5, 0.6) is 0 Å².